The SMILES string of the molecule is CCCCC(=O)c1ccc([C@@H]2CCCn3nc(/C=C/c4ccc(-n5cnc(C)c5)c(OC)c4)nc32)cc1.CCCCC(=O)c1ccc([C@H]2CCCn3nc(/C=C/c4ccc(-n5cnc(C)c5)c(OC)c4)nc32)cc1. The molecule has 0 saturated carbocycles. The van der Waals surface area contributed by atoms with Gasteiger partial charge in [0.05, 0.1) is 49.6 Å². The lowest BCUT2D eigenvalue weighted by atomic mass is 9.90. The highest BCUT2D eigenvalue weighted by Crippen LogP contribution is 2.35. The van der Waals surface area contributed by atoms with Crippen molar-refractivity contribution in [1.29, 1.82) is 0 Å². The number of benzene rings is 4. The van der Waals surface area contributed by atoms with E-state index in [1.807, 2.05) is 130 Å². The standard InChI is InChI=1S/2C30H33N5O2/c2*1-4-5-8-27(36)24-13-11-23(12-14-24)25-7-6-17-35-30(25)32-29(33-35)16-10-22-9-15-26(28(18-22)37-3)34-19-21(2)31-20-34/h2*9-16,18-20,25H,4-8,17H2,1-3H3/b2*16-10+/t2*25-/m10/s1. The van der Waals surface area contributed by atoms with Gasteiger partial charge in [0.25, 0.3) is 0 Å². The summed E-state index contributed by atoms with van der Waals surface area (Å²) >= 11 is 0. The number of imidazole rings is 2. The van der Waals surface area contributed by atoms with E-state index in [1.54, 1.807) is 26.9 Å². The Balaban J connectivity index is 0.000000182. The fourth-order valence-corrected chi connectivity index (χ4v) is 9.75. The summed E-state index contributed by atoms with van der Waals surface area (Å²) in [5.41, 5.74) is 9.76. The lowest BCUT2D eigenvalue weighted by Crippen LogP contribution is -2.18. The van der Waals surface area contributed by atoms with Crippen LogP contribution in [0.5, 0.6) is 11.5 Å². The fraction of sp³-hybridized carbons (Fsp3) is 0.333. The van der Waals surface area contributed by atoms with E-state index in [4.69, 9.17) is 29.6 Å². The number of ketones is 2. The van der Waals surface area contributed by atoms with Crippen molar-refractivity contribution in [2.45, 2.75) is 117 Å². The van der Waals surface area contributed by atoms with E-state index in [9.17, 15) is 9.59 Å². The zero-order valence-corrected chi connectivity index (χ0v) is 43.4. The zero-order valence-electron chi connectivity index (χ0n) is 43.4. The predicted octanol–water partition coefficient (Wildman–Crippen LogP) is 12.5. The monoisotopic (exact) mass is 991 g/mol. The molecule has 2 aliphatic heterocycles. The van der Waals surface area contributed by atoms with Crippen molar-refractivity contribution in [3.63, 3.8) is 0 Å². The van der Waals surface area contributed by atoms with Crippen molar-refractivity contribution < 1.29 is 19.1 Å². The average molecular weight is 991 g/mol. The molecular weight excluding hydrogens is 925 g/mol. The number of hydrogen-bond donors (Lipinski definition) is 0. The summed E-state index contributed by atoms with van der Waals surface area (Å²) in [6, 6.07) is 28.3. The fourth-order valence-electron chi connectivity index (χ4n) is 9.75. The highest BCUT2D eigenvalue weighted by Gasteiger charge is 2.27. The number of ether oxygens (including phenoxy) is 2. The number of fused-ring (bicyclic) bond motifs is 2. The number of unbranched alkanes of at least 4 members (excludes halogenated alkanes) is 2. The van der Waals surface area contributed by atoms with Gasteiger partial charge in [-0.15, -0.1) is 0 Å². The maximum absolute atomic E-state index is 12.4. The molecule has 0 bridgehead atoms. The predicted molar refractivity (Wildman–Crippen MR) is 290 cm³/mol. The van der Waals surface area contributed by atoms with Gasteiger partial charge in [0.1, 0.15) is 23.1 Å². The number of nitrogens with zero attached hydrogens (tertiary/aromatic N) is 10. The molecule has 74 heavy (non-hydrogen) atoms. The van der Waals surface area contributed by atoms with Gasteiger partial charge in [-0.2, -0.15) is 10.2 Å². The summed E-state index contributed by atoms with van der Waals surface area (Å²) in [5, 5.41) is 9.51. The lowest BCUT2D eigenvalue weighted by molar-refractivity contribution is 0.0971. The number of carbonyl (C=O) groups excluding carboxylic acids is 2. The Kier molecular flexibility index (Phi) is 16.3. The first-order valence-corrected chi connectivity index (χ1v) is 26.0. The third-order valence-corrected chi connectivity index (χ3v) is 13.8. The number of Topliss-reactive ketones (excluding diaryl/α,β-unsaturated/α-hetero) is 2. The van der Waals surface area contributed by atoms with E-state index in [-0.39, 0.29) is 23.4 Å². The molecule has 6 heterocycles. The van der Waals surface area contributed by atoms with Crippen molar-refractivity contribution in [1.82, 2.24) is 48.6 Å². The van der Waals surface area contributed by atoms with Crippen LogP contribution in [0.15, 0.2) is 110 Å². The highest BCUT2D eigenvalue weighted by atomic mass is 16.5. The van der Waals surface area contributed by atoms with Gasteiger partial charge in [-0.1, -0.05) is 99.5 Å². The quantitative estimate of drug-likeness (QED) is 0.0760. The summed E-state index contributed by atoms with van der Waals surface area (Å²) in [4.78, 5) is 43.1. The Bertz CT molecular complexity index is 3050. The molecule has 0 fully saturated rings. The van der Waals surface area contributed by atoms with Gasteiger partial charge in [0, 0.05) is 61.3 Å². The molecule has 14 nitrogen and oxygen atoms in total. The van der Waals surface area contributed by atoms with Crippen LogP contribution in [-0.4, -0.2) is 74.4 Å². The van der Waals surface area contributed by atoms with Crippen molar-refractivity contribution in [3.8, 4) is 22.9 Å². The van der Waals surface area contributed by atoms with Crippen LogP contribution in [0.4, 0.5) is 0 Å². The zero-order chi connectivity index (χ0) is 51.6. The van der Waals surface area contributed by atoms with Gasteiger partial charge in [-0.25, -0.2) is 29.3 Å². The first-order valence-electron chi connectivity index (χ1n) is 26.0. The van der Waals surface area contributed by atoms with Crippen LogP contribution in [-0.2, 0) is 13.1 Å². The van der Waals surface area contributed by atoms with Gasteiger partial charge in [-0.05, 0) is 111 Å². The van der Waals surface area contributed by atoms with Gasteiger partial charge in [0.2, 0.25) is 0 Å². The van der Waals surface area contributed by atoms with E-state index < -0.39 is 0 Å². The molecule has 0 unspecified atom stereocenters. The molecule has 2 atom stereocenters. The molecule has 0 saturated heterocycles. The molecule has 2 aliphatic rings. The second-order valence-corrected chi connectivity index (χ2v) is 19.2. The van der Waals surface area contributed by atoms with E-state index in [0.717, 1.165) is 133 Å². The average Bonchev–Trinajstić information content (AvgIpc) is 4.27. The molecule has 4 aromatic heterocycles. The summed E-state index contributed by atoms with van der Waals surface area (Å²) in [7, 11) is 3.35. The Morgan fingerprint density at radius 1 is 0.581 bits per heavy atom. The molecule has 0 radical (unpaired) electrons. The maximum Gasteiger partial charge on any atom is 0.174 e. The van der Waals surface area contributed by atoms with E-state index in [0.29, 0.717) is 24.5 Å². The summed E-state index contributed by atoms with van der Waals surface area (Å²) in [6.07, 6.45) is 24.8. The lowest BCUT2D eigenvalue weighted by Gasteiger charge is -2.22. The third kappa shape index (κ3) is 11.9. The number of rotatable bonds is 18. The number of methoxy groups -OCH3 is 2. The molecule has 380 valence electrons. The number of aromatic nitrogens is 10. The topological polar surface area (TPSA) is 150 Å². The Hall–Kier alpha value is -8.00. The summed E-state index contributed by atoms with van der Waals surface area (Å²) in [6.45, 7) is 9.88. The van der Waals surface area contributed by atoms with Crippen molar-refractivity contribution >= 4 is 35.9 Å². The highest BCUT2D eigenvalue weighted by molar-refractivity contribution is 5.96. The summed E-state index contributed by atoms with van der Waals surface area (Å²) < 4.78 is 19.2. The molecule has 14 heteroatoms. The number of hydrogen-bond acceptors (Lipinski definition) is 10. The van der Waals surface area contributed by atoms with Crippen molar-refractivity contribution in [2.75, 3.05) is 14.2 Å². The van der Waals surface area contributed by atoms with Crippen LogP contribution in [0.25, 0.3) is 35.7 Å². The molecule has 10 rings (SSSR count). The van der Waals surface area contributed by atoms with Gasteiger partial charge < -0.3 is 18.6 Å². The number of carbonyl (C=O) groups is 2. The van der Waals surface area contributed by atoms with E-state index in [2.05, 4.69) is 48.1 Å². The minimum Gasteiger partial charge on any atom is -0.495 e. The molecule has 8 aromatic rings. The normalized spacial score (nSPS) is 15.2. The minimum atomic E-state index is 0.182. The minimum absolute atomic E-state index is 0.182. The molecule has 0 amide bonds. The maximum atomic E-state index is 12.4. The summed E-state index contributed by atoms with van der Waals surface area (Å²) in [5.74, 6) is 5.71. The van der Waals surface area contributed by atoms with Crippen LogP contribution < -0.4 is 9.47 Å². The van der Waals surface area contributed by atoms with Crippen LogP contribution in [0.3, 0.4) is 0 Å². The molecule has 0 spiro atoms. The van der Waals surface area contributed by atoms with Gasteiger partial charge in [0.15, 0.2) is 23.2 Å². The first-order chi connectivity index (χ1) is 36.1. The van der Waals surface area contributed by atoms with E-state index >= 15 is 0 Å². The molecular formula is C60H66N10O4. The largest absolute Gasteiger partial charge is 0.495 e. The smallest absolute Gasteiger partial charge is 0.174 e. The number of aryl methyl sites for hydroxylation is 4. The Morgan fingerprint density at radius 2 is 1.00 bits per heavy atom. The van der Waals surface area contributed by atoms with Crippen LogP contribution in [0.1, 0.15) is 168 Å². The second-order valence-electron chi connectivity index (χ2n) is 19.2. The van der Waals surface area contributed by atoms with Gasteiger partial charge in [-0.3, -0.25) is 9.59 Å². The van der Waals surface area contributed by atoms with Crippen molar-refractivity contribution in [2.24, 2.45) is 0 Å². The van der Waals surface area contributed by atoms with Crippen LogP contribution in [0, 0.1) is 13.8 Å². The van der Waals surface area contributed by atoms with Crippen LogP contribution in [0.2, 0.25) is 0 Å². The van der Waals surface area contributed by atoms with Crippen molar-refractivity contribution in [3.05, 3.63) is 178 Å². The molecule has 0 aliphatic carbocycles. The van der Waals surface area contributed by atoms with E-state index in [1.165, 1.54) is 11.1 Å². The van der Waals surface area contributed by atoms with Crippen LogP contribution >= 0.6 is 0 Å². The molecule has 0 N–H and O–H groups in total. The Morgan fingerprint density at radius 3 is 1.36 bits per heavy atom. The third-order valence-electron chi connectivity index (χ3n) is 13.8. The Labute approximate surface area is 433 Å². The first kappa shape index (κ1) is 50.9. The van der Waals surface area contributed by atoms with Gasteiger partial charge >= 0.3 is 0 Å². The second kappa shape index (κ2) is 23.7. The molecule has 4 aromatic carbocycles.